The molecule has 0 aliphatic carbocycles. The first-order valence-corrected chi connectivity index (χ1v) is 10.8. The summed E-state index contributed by atoms with van der Waals surface area (Å²) in [4.78, 5) is 17.5. The van der Waals surface area contributed by atoms with E-state index < -0.39 is 0 Å². The molecular weight excluding hydrogens is 444 g/mol. The fourth-order valence-electron chi connectivity index (χ4n) is 2.73. The Bertz CT molecular complexity index is 1200. The molecule has 0 radical (unpaired) electrons. The molecule has 0 saturated heterocycles. The molecule has 4 aromatic rings. The molecule has 0 atom stereocenters. The smallest absolute Gasteiger partial charge is 0.270 e. The number of benzene rings is 2. The minimum absolute atomic E-state index is 0.139. The van der Waals surface area contributed by atoms with Gasteiger partial charge in [0.2, 0.25) is 10.6 Å². The van der Waals surface area contributed by atoms with Crippen molar-refractivity contribution in [2.24, 2.45) is 0 Å². The molecule has 5 nitrogen and oxygen atoms in total. The number of aromatic nitrogens is 3. The molecule has 2 aromatic carbocycles. The molecule has 0 aliphatic rings. The maximum absolute atomic E-state index is 13.0. The minimum atomic E-state index is -0.139. The summed E-state index contributed by atoms with van der Waals surface area (Å²) in [6, 6.07) is 19.9. The second-order valence-electron chi connectivity index (χ2n) is 5.87. The lowest BCUT2D eigenvalue weighted by molar-refractivity contribution is 0.735. The molecule has 0 aliphatic heterocycles. The molecule has 2 heterocycles. The Kier molecular flexibility index (Phi) is 5.29. The summed E-state index contributed by atoms with van der Waals surface area (Å²) in [5, 5.41) is 8.76. The summed E-state index contributed by atoms with van der Waals surface area (Å²) >= 11 is 6.28. The number of nitrogens with zero attached hydrogens (tertiary/aromatic N) is 3. The van der Waals surface area contributed by atoms with Gasteiger partial charge in [-0.2, -0.15) is 4.98 Å². The third-order valence-corrected chi connectivity index (χ3v) is 7.03. The summed E-state index contributed by atoms with van der Waals surface area (Å²) in [5.41, 5.74) is 2.05. The van der Waals surface area contributed by atoms with Crippen LogP contribution in [0.5, 0.6) is 0 Å². The van der Waals surface area contributed by atoms with Crippen molar-refractivity contribution in [3.63, 3.8) is 0 Å². The third kappa shape index (κ3) is 3.78. The largest absolute Gasteiger partial charge is 0.272 e. The number of nitrogens with one attached hydrogen (secondary N) is 1. The minimum Gasteiger partial charge on any atom is -0.272 e. The number of fused-ring (bicyclic) bond motifs is 1. The van der Waals surface area contributed by atoms with Crippen molar-refractivity contribution in [1.82, 2.24) is 13.3 Å². The summed E-state index contributed by atoms with van der Waals surface area (Å²) in [7, 11) is 0. The second-order valence-corrected chi connectivity index (χ2v) is 8.56. The average molecular weight is 459 g/mol. The first-order chi connectivity index (χ1) is 13.1. The number of hydrogen-bond acceptors (Lipinski definition) is 5. The lowest BCUT2D eigenvalue weighted by Gasteiger charge is -2.12. The molecule has 136 valence electrons. The Morgan fingerprint density at radius 3 is 2.33 bits per heavy atom. The zero-order valence-corrected chi connectivity index (χ0v) is 17.4. The highest BCUT2D eigenvalue weighted by molar-refractivity contribution is 9.10. The molecule has 1 N–H and O–H groups in total. The van der Waals surface area contributed by atoms with Crippen LogP contribution in [0.3, 0.4) is 0 Å². The predicted octanol–water partition coefficient (Wildman–Crippen LogP) is 4.14. The number of hydrogen-bond donors (Lipinski definition) is 1. The standard InChI is InChI=1S/C19H15BrN4OS2/c20-15-16(25)23(11-13-7-3-1-4-8-13)19-22-18(21)27-24(19)17(15)26-12-14-9-5-2-6-10-14/h1-10,21H,11-12H2. The highest BCUT2D eigenvalue weighted by atomic mass is 79.9. The van der Waals surface area contributed by atoms with Gasteiger partial charge in [0.15, 0.2) is 0 Å². The Morgan fingerprint density at radius 1 is 1.04 bits per heavy atom. The van der Waals surface area contributed by atoms with Crippen LogP contribution in [0, 0.1) is 5.41 Å². The van der Waals surface area contributed by atoms with E-state index in [2.05, 4.69) is 33.0 Å². The molecule has 4 rings (SSSR count). The fourth-order valence-corrected chi connectivity index (χ4v) is 5.45. The van der Waals surface area contributed by atoms with E-state index >= 15 is 0 Å². The summed E-state index contributed by atoms with van der Waals surface area (Å²) in [6.45, 7) is 0.411. The lowest BCUT2D eigenvalue weighted by atomic mass is 10.2. The van der Waals surface area contributed by atoms with Crippen LogP contribution in [0.25, 0.3) is 5.78 Å². The summed E-state index contributed by atoms with van der Waals surface area (Å²) in [5.74, 6) is 1.23. The molecular formula is C19H15BrN4OS2. The van der Waals surface area contributed by atoms with Crippen LogP contribution in [-0.2, 0) is 12.3 Å². The highest BCUT2D eigenvalue weighted by Gasteiger charge is 2.18. The zero-order valence-electron chi connectivity index (χ0n) is 14.1. The molecule has 2 aromatic heterocycles. The van der Waals surface area contributed by atoms with Gasteiger partial charge in [-0.25, -0.2) is 3.79 Å². The molecule has 0 spiro atoms. The zero-order chi connectivity index (χ0) is 18.8. The average Bonchev–Trinajstić information content (AvgIpc) is 3.08. The SMILES string of the molecule is N=c1nc2n(Cc3ccccc3)c(=O)c(Br)c(SCc3ccccc3)n2s1. The highest BCUT2D eigenvalue weighted by Crippen LogP contribution is 2.29. The number of rotatable bonds is 5. The molecule has 8 heteroatoms. The van der Waals surface area contributed by atoms with Gasteiger partial charge in [0.25, 0.3) is 5.56 Å². The summed E-state index contributed by atoms with van der Waals surface area (Å²) in [6.07, 6.45) is 0. The van der Waals surface area contributed by atoms with E-state index in [-0.39, 0.29) is 10.4 Å². The van der Waals surface area contributed by atoms with Gasteiger partial charge in [-0.3, -0.25) is 14.8 Å². The Balaban J connectivity index is 1.80. The topological polar surface area (TPSA) is 63.2 Å². The van der Waals surface area contributed by atoms with Gasteiger partial charge in [-0.1, -0.05) is 60.7 Å². The van der Waals surface area contributed by atoms with Gasteiger partial charge in [-0.05, 0) is 38.6 Å². The Labute approximate surface area is 172 Å². The van der Waals surface area contributed by atoms with Gasteiger partial charge < -0.3 is 0 Å². The van der Waals surface area contributed by atoms with Crippen molar-refractivity contribution in [2.45, 2.75) is 17.3 Å². The van der Waals surface area contributed by atoms with Gasteiger partial charge in [0.1, 0.15) is 9.50 Å². The van der Waals surface area contributed by atoms with Crippen molar-refractivity contribution in [2.75, 3.05) is 0 Å². The second kappa shape index (κ2) is 7.84. The van der Waals surface area contributed by atoms with Crippen LogP contribution in [0.4, 0.5) is 0 Å². The van der Waals surface area contributed by atoms with Crippen LogP contribution in [-0.4, -0.2) is 13.3 Å². The van der Waals surface area contributed by atoms with Crippen molar-refractivity contribution in [3.05, 3.63) is 91.4 Å². The molecule has 0 bridgehead atoms. The van der Waals surface area contributed by atoms with Crippen LogP contribution >= 0.6 is 39.2 Å². The maximum atomic E-state index is 13.0. The molecule has 27 heavy (non-hydrogen) atoms. The number of halogens is 1. The van der Waals surface area contributed by atoms with Crippen LogP contribution < -0.4 is 10.4 Å². The van der Waals surface area contributed by atoms with Gasteiger partial charge in [0, 0.05) is 5.75 Å². The van der Waals surface area contributed by atoms with Crippen LogP contribution in [0.1, 0.15) is 11.1 Å². The van der Waals surface area contributed by atoms with Crippen LogP contribution in [0.15, 0.2) is 75.0 Å². The Hall–Kier alpha value is -2.16. The summed E-state index contributed by atoms with van der Waals surface area (Å²) < 4.78 is 3.98. The van der Waals surface area contributed by atoms with E-state index in [0.29, 0.717) is 16.8 Å². The van der Waals surface area contributed by atoms with Crippen LogP contribution in [0.2, 0.25) is 0 Å². The van der Waals surface area contributed by atoms with Gasteiger partial charge in [0.05, 0.1) is 6.54 Å². The molecule has 0 amide bonds. The van der Waals surface area contributed by atoms with E-state index in [1.165, 1.54) is 17.1 Å². The lowest BCUT2D eigenvalue weighted by Crippen LogP contribution is -2.25. The van der Waals surface area contributed by atoms with E-state index in [0.717, 1.165) is 16.3 Å². The maximum Gasteiger partial charge on any atom is 0.270 e. The van der Waals surface area contributed by atoms with Crippen molar-refractivity contribution < 1.29 is 0 Å². The monoisotopic (exact) mass is 458 g/mol. The van der Waals surface area contributed by atoms with E-state index in [1.807, 2.05) is 52.3 Å². The fraction of sp³-hybridized carbons (Fsp3) is 0.105. The van der Waals surface area contributed by atoms with E-state index in [4.69, 9.17) is 5.41 Å². The quantitative estimate of drug-likeness (QED) is 0.361. The van der Waals surface area contributed by atoms with Crippen molar-refractivity contribution in [1.29, 1.82) is 5.41 Å². The first kappa shape index (κ1) is 18.2. The van der Waals surface area contributed by atoms with E-state index in [1.54, 1.807) is 16.3 Å². The third-order valence-electron chi connectivity index (χ3n) is 4.01. The molecule has 0 saturated carbocycles. The molecule has 0 unspecified atom stereocenters. The van der Waals surface area contributed by atoms with Gasteiger partial charge in [-0.15, -0.1) is 11.8 Å². The van der Waals surface area contributed by atoms with Gasteiger partial charge >= 0.3 is 0 Å². The van der Waals surface area contributed by atoms with Crippen molar-refractivity contribution in [3.8, 4) is 0 Å². The number of thioether (sulfide) groups is 1. The molecule has 0 fully saturated rings. The Morgan fingerprint density at radius 2 is 1.67 bits per heavy atom. The van der Waals surface area contributed by atoms with Crippen molar-refractivity contribution >= 4 is 45.0 Å². The predicted molar refractivity (Wildman–Crippen MR) is 112 cm³/mol. The normalized spacial score (nSPS) is 11.1. The van der Waals surface area contributed by atoms with E-state index in [9.17, 15) is 4.79 Å². The first-order valence-electron chi connectivity index (χ1n) is 8.21.